The molecule has 2 heterocycles. The second kappa shape index (κ2) is 10.8. The van der Waals surface area contributed by atoms with Gasteiger partial charge in [0.2, 0.25) is 5.91 Å². The SMILES string of the molecule is COC1=CC=CCC1c1cc(NC(=O)C2CCCN(C(=O)OCc3ccccc3)C2)ncn1. The maximum Gasteiger partial charge on any atom is 0.410 e. The molecular weight excluding hydrogens is 420 g/mol. The molecule has 1 aliphatic heterocycles. The molecule has 2 atom stereocenters. The average molecular weight is 449 g/mol. The van der Waals surface area contributed by atoms with Crippen molar-refractivity contribution in [3.05, 3.63) is 78.0 Å². The van der Waals surface area contributed by atoms with Crippen molar-refractivity contribution in [1.29, 1.82) is 0 Å². The van der Waals surface area contributed by atoms with Crippen molar-refractivity contribution in [3.8, 4) is 0 Å². The molecule has 1 fully saturated rings. The highest BCUT2D eigenvalue weighted by Gasteiger charge is 2.30. The highest BCUT2D eigenvalue weighted by Crippen LogP contribution is 2.31. The number of hydrogen-bond acceptors (Lipinski definition) is 6. The summed E-state index contributed by atoms with van der Waals surface area (Å²) >= 11 is 0. The van der Waals surface area contributed by atoms with Gasteiger partial charge in [0, 0.05) is 19.2 Å². The number of carbonyl (C=O) groups is 2. The van der Waals surface area contributed by atoms with Gasteiger partial charge >= 0.3 is 6.09 Å². The molecule has 1 aromatic carbocycles. The van der Waals surface area contributed by atoms with E-state index in [1.54, 1.807) is 18.1 Å². The molecule has 8 nitrogen and oxygen atoms in total. The second-order valence-corrected chi connectivity index (χ2v) is 8.13. The summed E-state index contributed by atoms with van der Waals surface area (Å²) in [6.07, 6.45) is 9.20. The maximum absolute atomic E-state index is 12.9. The summed E-state index contributed by atoms with van der Waals surface area (Å²) in [5.74, 6) is 0.771. The summed E-state index contributed by atoms with van der Waals surface area (Å²) in [6.45, 7) is 1.11. The fourth-order valence-corrected chi connectivity index (χ4v) is 4.11. The lowest BCUT2D eigenvalue weighted by molar-refractivity contribution is -0.121. The molecule has 1 aliphatic carbocycles. The summed E-state index contributed by atoms with van der Waals surface area (Å²) in [4.78, 5) is 35.6. The van der Waals surface area contributed by atoms with Crippen LogP contribution in [-0.2, 0) is 20.9 Å². The summed E-state index contributed by atoms with van der Waals surface area (Å²) in [6, 6.07) is 11.3. The standard InChI is InChI=1S/C25H28N4O4/c1-32-22-12-6-5-11-20(22)21-14-23(27-17-26-21)28-24(30)19-10-7-13-29(15-19)25(31)33-16-18-8-3-2-4-9-18/h2-6,8-9,12,14,17,19-20H,7,10-11,13,15-16H2,1H3,(H,26,27,28,30). The van der Waals surface area contributed by atoms with Gasteiger partial charge in [-0.05, 0) is 30.9 Å². The summed E-state index contributed by atoms with van der Waals surface area (Å²) in [5.41, 5.74) is 1.71. The van der Waals surface area contributed by atoms with Gasteiger partial charge in [-0.3, -0.25) is 4.79 Å². The minimum Gasteiger partial charge on any atom is -0.500 e. The molecule has 0 saturated carbocycles. The number of hydrogen-bond donors (Lipinski definition) is 1. The number of carbonyl (C=O) groups excluding carboxylic acids is 2. The predicted octanol–water partition coefficient (Wildman–Crippen LogP) is 4.04. The second-order valence-electron chi connectivity index (χ2n) is 8.13. The Morgan fingerprint density at radius 2 is 2.06 bits per heavy atom. The van der Waals surface area contributed by atoms with Crippen LogP contribution < -0.4 is 5.32 Å². The Balaban J connectivity index is 1.34. The van der Waals surface area contributed by atoms with Gasteiger partial charge < -0.3 is 19.7 Å². The van der Waals surface area contributed by atoms with Gasteiger partial charge in [-0.1, -0.05) is 42.5 Å². The van der Waals surface area contributed by atoms with E-state index in [0.717, 1.165) is 29.9 Å². The van der Waals surface area contributed by atoms with Crippen LogP contribution in [0.5, 0.6) is 0 Å². The van der Waals surface area contributed by atoms with E-state index in [9.17, 15) is 9.59 Å². The molecule has 2 unspecified atom stereocenters. The minimum absolute atomic E-state index is 0.0109. The number of nitrogens with zero attached hydrogens (tertiary/aromatic N) is 3. The number of methoxy groups -OCH3 is 1. The number of benzene rings is 1. The fraction of sp³-hybridized carbons (Fsp3) is 0.360. The van der Waals surface area contributed by atoms with Crippen molar-refractivity contribution in [2.24, 2.45) is 5.92 Å². The Morgan fingerprint density at radius 3 is 2.88 bits per heavy atom. The van der Waals surface area contributed by atoms with Crippen LogP contribution in [0.2, 0.25) is 0 Å². The van der Waals surface area contributed by atoms with Crippen molar-refractivity contribution in [2.45, 2.75) is 31.8 Å². The van der Waals surface area contributed by atoms with Gasteiger partial charge in [0.25, 0.3) is 0 Å². The zero-order valence-corrected chi connectivity index (χ0v) is 18.6. The van der Waals surface area contributed by atoms with E-state index in [1.165, 1.54) is 6.33 Å². The van der Waals surface area contributed by atoms with Crippen molar-refractivity contribution < 1.29 is 19.1 Å². The Hall–Kier alpha value is -3.68. The largest absolute Gasteiger partial charge is 0.500 e. The average Bonchev–Trinajstić information content (AvgIpc) is 2.88. The maximum atomic E-state index is 12.9. The topological polar surface area (TPSA) is 93.7 Å². The molecule has 2 aromatic rings. The molecule has 1 N–H and O–H groups in total. The number of amides is 2. The van der Waals surface area contributed by atoms with E-state index >= 15 is 0 Å². The first kappa shape index (κ1) is 22.5. The van der Waals surface area contributed by atoms with E-state index in [-0.39, 0.29) is 24.3 Å². The first-order valence-corrected chi connectivity index (χ1v) is 11.1. The Kier molecular flexibility index (Phi) is 7.34. The molecule has 4 rings (SSSR count). The van der Waals surface area contributed by atoms with Crippen molar-refractivity contribution >= 4 is 17.8 Å². The fourth-order valence-electron chi connectivity index (χ4n) is 4.11. The third-order valence-electron chi connectivity index (χ3n) is 5.90. The van der Waals surface area contributed by atoms with E-state index < -0.39 is 6.09 Å². The Morgan fingerprint density at radius 1 is 1.21 bits per heavy atom. The van der Waals surface area contributed by atoms with Gasteiger partial charge in [0.15, 0.2) is 0 Å². The lowest BCUT2D eigenvalue weighted by atomic mass is 9.94. The number of nitrogens with one attached hydrogen (secondary N) is 1. The van der Waals surface area contributed by atoms with Gasteiger partial charge in [-0.15, -0.1) is 0 Å². The zero-order chi connectivity index (χ0) is 23.0. The van der Waals surface area contributed by atoms with Crippen LogP contribution in [0, 0.1) is 5.92 Å². The lowest BCUT2D eigenvalue weighted by Gasteiger charge is -2.31. The molecule has 0 spiro atoms. The van der Waals surface area contributed by atoms with Crippen LogP contribution in [0.15, 0.2) is 66.7 Å². The molecule has 0 bridgehead atoms. The third-order valence-corrected chi connectivity index (χ3v) is 5.90. The van der Waals surface area contributed by atoms with Gasteiger partial charge in [0.1, 0.15) is 24.5 Å². The first-order valence-electron chi connectivity index (χ1n) is 11.1. The lowest BCUT2D eigenvalue weighted by Crippen LogP contribution is -2.44. The number of aromatic nitrogens is 2. The molecule has 8 heteroatoms. The number of likely N-dealkylation sites (tertiary alicyclic amines) is 1. The van der Waals surface area contributed by atoms with Crippen LogP contribution in [-0.4, -0.2) is 47.1 Å². The van der Waals surface area contributed by atoms with Gasteiger partial charge in [-0.25, -0.2) is 14.8 Å². The van der Waals surface area contributed by atoms with Crippen LogP contribution in [0.25, 0.3) is 0 Å². The predicted molar refractivity (Wildman–Crippen MR) is 123 cm³/mol. The number of rotatable bonds is 6. The molecule has 33 heavy (non-hydrogen) atoms. The molecular formula is C25H28N4O4. The third kappa shape index (κ3) is 5.77. The smallest absolute Gasteiger partial charge is 0.410 e. The quantitative estimate of drug-likeness (QED) is 0.717. The zero-order valence-electron chi connectivity index (χ0n) is 18.6. The van der Waals surface area contributed by atoms with Crippen molar-refractivity contribution in [2.75, 3.05) is 25.5 Å². The number of anilines is 1. The highest BCUT2D eigenvalue weighted by molar-refractivity contribution is 5.92. The van der Waals surface area contributed by atoms with E-state index in [2.05, 4.69) is 21.4 Å². The van der Waals surface area contributed by atoms with E-state index in [4.69, 9.17) is 9.47 Å². The van der Waals surface area contributed by atoms with Crippen LogP contribution in [0.4, 0.5) is 10.6 Å². The molecule has 0 radical (unpaired) electrons. The monoisotopic (exact) mass is 448 g/mol. The van der Waals surface area contributed by atoms with Crippen molar-refractivity contribution in [1.82, 2.24) is 14.9 Å². The molecule has 172 valence electrons. The normalized spacial score (nSPS) is 20.0. The van der Waals surface area contributed by atoms with Crippen molar-refractivity contribution in [3.63, 3.8) is 0 Å². The Bertz CT molecular complexity index is 1040. The van der Waals surface area contributed by atoms with E-state index in [1.807, 2.05) is 42.5 Å². The van der Waals surface area contributed by atoms with Gasteiger partial charge in [-0.2, -0.15) is 0 Å². The van der Waals surface area contributed by atoms with Crippen LogP contribution >= 0.6 is 0 Å². The number of ether oxygens (including phenoxy) is 2. The minimum atomic E-state index is -0.398. The molecule has 1 saturated heterocycles. The molecule has 2 aliphatic rings. The Labute approximate surface area is 193 Å². The summed E-state index contributed by atoms with van der Waals surface area (Å²) < 4.78 is 10.9. The van der Waals surface area contributed by atoms with E-state index in [0.29, 0.717) is 25.3 Å². The summed E-state index contributed by atoms with van der Waals surface area (Å²) in [5, 5.41) is 2.89. The van der Waals surface area contributed by atoms with Crippen LogP contribution in [0.1, 0.15) is 36.4 Å². The van der Waals surface area contributed by atoms with Crippen LogP contribution in [0.3, 0.4) is 0 Å². The first-order chi connectivity index (χ1) is 16.1. The summed E-state index contributed by atoms with van der Waals surface area (Å²) in [7, 11) is 1.64. The molecule has 1 aromatic heterocycles. The highest BCUT2D eigenvalue weighted by atomic mass is 16.6. The number of allylic oxidation sites excluding steroid dienone is 4. The molecule has 2 amide bonds. The number of piperidine rings is 1. The van der Waals surface area contributed by atoms with Gasteiger partial charge in [0.05, 0.1) is 24.6 Å².